The Hall–Kier alpha value is -0.650. The molecule has 2 aliphatic heterocycles. The van der Waals surface area contributed by atoms with Crippen molar-refractivity contribution < 1.29 is 9.90 Å². The monoisotopic (exact) mass is 449 g/mol. The first kappa shape index (κ1) is 26.0. The van der Waals surface area contributed by atoms with Crippen LogP contribution in [0.25, 0.3) is 0 Å². The Kier molecular flexibility index (Phi) is 7.74. The predicted octanol–water partition coefficient (Wildman–Crippen LogP) is 4.78. The van der Waals surface area contributed by atoms with E-state index in [1.165, 1.54) is 25.7 Å². The van der Waals surface area contributed by atoms with E-state index >= 15 is 0 Å². The number of aliphatic carboxylic acids is 1. The van der Waals surface area contributed by atoms with Gasteiger partial charge in [0.25, 0.3) is 0 Å². The van der Waals surface area contributed by atoms with Crippen LogP contribution in [0.3, 0.4) is 0 Å². The molecule has 186 valence electrons. The number of carboxylic acid groups (broad SMARTS) is 1. The van der Waals surface area contributed by atoms with Gasteiger partial charge in [-0.05, 0) is 88.4 Å². The van der Waals surface area contributed by atoms with Crippen molar-refractivity contribution in [2.24, 2.45) is 40.4 Å². The first-order valence-corrected chi connectivity index (χ1v) is 13.3. The normalized spacial score (nSPS) is 41.3. The Morgan fingerprint density at radius 3 is 2.47 bits per heavy atom. The molecule has 5 nitrogen and oxygen atoms in total. The van der Waals surface area contributed by atoms with E-state index in [1.54, 1.807) is 0 Å². The van der Waals surface area contributed by atoms with Gasteiger partial charge >= 0.3 is 5.97 Å². The Labute approximate surface area is 197 Å². The van der Waals surface area contributed by atoms with E-state index in [0.717, 1.165) is 39.3 Å². The lowest BCUT2D eigenvalue weighted by Crippen LogP contribution is -2.74. The minimum atomic E-state index is -0.586. The molecule has 7 atom stereocenters. The molecule has 3 fully saturated rings. The average Bonchev–Trinajstić information content (AvgIpc) is 2.70. The van der Waals surface area contributed by atoms with Crippen molar-refractivity contribution in [1.29, 1.82) is 0 Å². The van der Waals surface area contributed by atoms with Gasteiger partial charge in [-0.3, -0.25) is 14.6 Å². The summed E-state index contributed by atoms with van der Waals surface area (Å²) >= 11 is 0. The Morgan fingerprint density at radius 1 is 1.22 bits per heavy atom. The highest BCUT2D eigenvalue weighted by molar-refractivity contribution is 5.72. The van der Waals surface area contributed by atoms with Crippen LogP contribution in [0, 0.1) is 40.4 Å². The number of hydrogen-bond donors (Lipinski definition) is 2. The molecule has 5 heteroatoms. The molecule has 2 saturated heterocycles. The van der Waals surface area contributed by atoms with Gasteiger partial charge in [0, 0.05) is 17.5 Å². The van der Waals surface area contributed by atoms with Gasteiger partial charge in [0.2, 0.25) is 0 Å². The van der Waals surface area contributed by atoms with E-state index in [2.05, 4.69) is 70.6 Å². The van der Waals surface area contributed by atoms with Crippen molar-refractivity contribution in [3.63, 3.8) is 0 Å². The van der Waals surface area contributed by atoms with Crippen molar-refractivity contribution in [3.8, 4) is 0 Å². The molecular weight excluding hydrogens is 398 g/mol. The number of hydrogen-bond acceptors (Lipinski definition) is 4. The number of nitrogens with zero attached hydrogens (tertiary/aromatic N) is 2. The summed E-state index contributed by atoms with van der Waals surface area (Å²) in [6.45, 7) is 21.1. The summed E-state index contributed by atoms with van der Waals surface area (Å²) in [7, 11) is 2.15. The summed E-state index contributed by atoms with van der Waals surface area (Å²) in [4.78, 5) is 17.7. The van der Waals surface area contributed by atoms with Crippen LogP contribution in [-0.2, 0) is 4.79 Å². The quantitative estimate of drug-likeness (QED) is 0.611. The van der Waals surface area contributed by atoms with E-state index in [9.17, 15) is 9.90 Å². The highest BCUT2D eigenvalue weighted by atomic mass is 16.4. The molecule has 0 aromatic rings. The van der Waals surface area contributed by atoms with Crippen molar-refractivity contribution in [3.05, 3.63) is 0 Å². The maximum Gasteiger partial charge on any atom is 0.307 e. The van der Waals surface area contributed by atoms with Gasteiger partial charge in [-0.1, -0.05) is 48.0 Å². The lowest BCUT2D eigenvalue weighted by molar-refractivity contribution is -0.199. The largest absolute Gasteiger partial charge is 0.481 e. The molecule has 1 saturated carbocycles. The van der Waals surface area contributed by atoms with Gasteiger partial charge in [0.15, 0.2) is 0 Å². The summed E-state index contributed by atoms with van der Waals surface area (Å²) in [6.07, 6.45) is 6.03. The standard InChI is InChI=1S/C27H51N3O2/c1-9-25(5,19(3)4)13-20-11-12-21-14-27(7)26(6,17-29(8)18-30(27)10-2)23(24(31)32)22(21)16-28-15-20/h19-23,28H,9-18H2,1-8H3,(H,31,32). The van der Waals surface area contributed by atoms with Gasteiger partial charge in [0.1, 0.15) is 0 Å². The first-order chi connectivity index (χ1) is 14.9. The second-order valence-electron chi connectivity index (χ2n) is 12.6. The van der Waals surface area contributed by atoms with Crippen molar-refractivity contribution >= 4 is 5.97 Å². The molecule has 0 aromatic carbocycles. The van der Waals surface area contributed by atoms with Crippen LogP contribution in [0.5, 0.6) is 0 Å². The number of nitrogens with one attached hydrogen (secondary N) is 1. The van der Waals surface area contributed by atoms with Crippen LogP contribution in [0.1, 0.15) is 80.6 Å². The van der Waals surface area contributed by atoms with E-state index in [4.69, 9.17) is 0 Å². The van der Waals surface area contributed by atoms with Gasteiger partial charge in [-0.25, -0.2) is 0 Å². The SMILES string of the molecule is CCN1CN(C)CC2(C)C(C(=O)O)C3CNCC(CC(C)(CC)C(C)C)CCC3CC12C. The molecule has 3 aliphatic rings. The number of carbonyl (C=O) groups is 1. The molecule has 0 bridgehead atoms. The number of rotatable bonds is 6. The Morgan fingerprint density at radius 2 is 1.91 bits per heavy atom. The van der Waals surface area contributed by atoms with Gasteiger partial charge in [0.05, 0.1) is 12.6 Å². The fourth-order valence-electron chi connectivity index (χ4n) is 7.93. The smallest absolute Gasteiger partial charge is 0.307 e. The topological polar surface area (TPSA) is 55.8 Å². The molecular formula is C27H51N3O2. The molecule has 0 spiro atoms. The zero-order valence-electron chi connectivity index (χ0n) is 22.2. The van der Waals surface area contributed by atoms with E-state index in [1.807, 2.05) is 0 Å². The zero-order valence-corrected chi connectivity index (χ0v) is 22.2. The lowest BCUT2D eigenvalue weighted by atomic mass is 9.48. The maximum atomic E-state index is 12.8. The fourth-order valence-corrected chi connectivity index (χ4v) is 7.93. The highest BCUT2D eigenvalue weighted by Gasteiger charge is 2.64. The van der Waals surface area contributed by atoms with Crippen LogP contribution in [-0.4, -0.2) is 66.3 Å². The second-order valence-corrected chi connectivity index (χ2v) is 12.6. The van der Waals surface area contributed by atoms with Gasteiger partial charge in [-0.15, -0.1) is 0 Å². The van der Waals surface area contributed by atoms with Crippen molar-refractivity contribution in [2.75, 3.05) is 39.9 Å². The predicted molar refractivity (Wildman–Crippen MR) is 133 cm³/mol. The van der Waals surface area contributed by atoms with Crippen LogP contribution in [0.15, 0.2) is 0 Å². The summed E-state index contributed by atoms with van der Waals surface area (Å²) in [6, 6.07) is 0. The lowest BCUT2D eigenvalue weighted by Gasteiger charge is -2.66. The summed E-state index contributed by atoms with van der Waals surface area (Å²) < 4.78 is 0. The Balaban J connectivity index is 1.87. The number of carboxylic acids is 1. The summed E-state index contributed by atoms with van der Waals surface area (Å²) in [5.41, 5.74) is 0.0728. The maximum absolute atomic E-state index is 12.8. The van der Waals surface area contributed by atoms with E-state index in [0.29, 0.717) is 23.2 Å². The fraction of sp³-hybridized carbons (Fsp3) is 0.963. The minimum Gasteiger partial charge on any atom is -0.481 e. The second kappa shape index (κ2) is 9.54. The summed E-state index contributed by atoms with van der Waals surface area (Å²) in [5.74, 6) is 1.19. The molecule has 0 amide bonds. The number of fused-ring (bicyclic) bond motifs is 2. The van der Waals surface area contributed by atoms with Crippen LogP contribution in [0.2, 0.25) is 0 Å². The van der Waals surface area contributed by atoms with Crippen molar-refractivity contribution in [1.82, 2.24) is 15.1 Å². The van der Waals surface area contributed by atoms with Gasteiger partial charge in [-0.2, -0.15) is 0 Å². The molecule has 3 rings (SSSR count). The van der Waals surface area contributed by atoms with Gasteiger partial charge < -0.3 is 10.4 Å². The molecule has 1 aliphatic carbocycles. The van der Waals surface area contributed by atoms with E-state index in [-0.39, 0.29) is 22.8 Å². The van der Waals surface area contributed by atoms with Crippen molar-refractivity contribution in [2.45, 2.75) is 86.1 Å². The molecule has 2 N–H and O–H groups in total. The molecule has 32 heavy (non-hydrogen) atoms. The highest BCUT2D eigenvalue weighted by Crippen LogP contribution is 2.58. The van der Waals surface area contributed by atoms with Crippen LogP contribution < -0.4 is 5.32 Å². The average molecular weight is 450 g/mol. The van der Waals surface area contributed by atoms with E-state index < -0.39 is 5.97 Å². The van der Waals surface area contributed by atoms with Crippen LogP contribution >= 0.6 is 0 Å². The molecule has 7 unspecified atom stereocenters. The third-order valence-corrected chi connectivity index (χ3v) is 10.7. The molecule has 2 heterocycles. The Bertz CT molecular complexity index is 669. The zero-order chi connectivity index (χ0) is 23.9. The van der Waals surface area contributed by atoms with Crippen LogP contribution in [0.4, 0.5) is 0 Å². The molecule has 0 radical (unpaired) electrons. The first-order valence-electron chi connectivity index (χ1n) is 13.3. The third-order valence-electron chi connectivity index (χ3n) is 10.7. The summed E-state index contributed by atoms with van der Waals surface area (Å²) in [5, 5.41) is 14.3. The molecule has 0 aromatic heterocycles. The third kappa shape index (κ3) is 4.38. The minimum absolute atomic E-state index is 0.0664.